The lowest BCUT2D eigenvalue weighted by Crippen LogP contribution is -2.46. The molecule has 9 nitrogen and oxygen atoms in total. The average molecular weight is 525 g/mol. The molecule has 2 fully saturated rings. The molecule has 0 spiro atoms. The van der Waals surface area contributed by atoms with Crippen molar-refractivity contribution in [3.05, 3.63) is 72.2 Å². The largest absolute Gasteiger partial charge is 0.368 e. The van der Waals surface area contributed by atoms with Crippen LogP contribution in [0.15, 0.2) is 60.9 Å². The van der Waals surface area contributed by atoms with Crippen LogP contribution in [0.25, 0.3) is 11.0 Å². The minimum absolute atomic E-state index is 0.00689. The van der Waals surface area contributed by atoms with Crippen LogP contribution in [-0.4, -0.2) is 75.5 Å². The number of hydrogen-bond donors (Lipinski definition) is 1. The first-order chi connectivity index (χ1) is 19.0. The number of hydrogen-bond acceptors (Lipinski definition) is 7. The number of anilines is 3. The molecule has 1 amide bonds. The second kappa shape index (κ2) is 11.0. The Labute approximate surface area is 229 Å². The van der Waals surface area contributed by atoms with Gasteiger partial charge in [0.2, 0.25) is 5.95 Å². The molecule has 6 rings (SSSR count). The fraction of sp³-hybridized carbons (Fsp3) is 0.400. The van der Waals surface area contributed by atoms with Crippen LogP contribution in [0.5, 0.6) is 0 Å². The van der Waals surface area contributed by atoms with Crippen LogP contribution in [0.3, 0.4) is 0 Å². The maximum Gasteiger partial charge on any atom is 0.270 e. The molecule has 1 aliphatic carbocycles. The third kappa shape index (κ3) is 5.45. The second-order valence-electron chi connectivity index (χ2n) is 10.8. The first-order valence-electron chi connectivity index (χ1n) is 13.9. The van der Waals surface area contributed by atoms with E-state index in [1.165, 1.54) is 18.4 Å². The van der Waals surface area contributed by atoms with Gasteiger partial charge in [-0.25, -0.2) is 9.97 Å². The molecule has 1 N–H and O–H groups in total. The molecule has 39 heavy (non-hydrogen) atoms. The minimum atomic E-state index is -0.00689. The van der Waals surface area contributed by atoms with Gasteiger partial charge >= 0.3 is 0 Å². The normalized spacial score (nSPS) is 16.6. The van der Waals surface area contributed by atoms with E-state index in [1.54, 1.807) is 25.2 Å². The van der Waals surface area contributed by atoms with E-state index in [0.29, 0.717) is 17.5 Å². The van der Waals surface area contributed by atoms with Crippen LogP contribution in [-0.2, 0) is 6.54 Å². The number of amides is 1. The standard InChI is InChI=1S/C30H36N8O/c1-35(2)29(39)26-18-23-19-32-30(34-28(23)38(26)24-10-6-7-11-24)33-27-13-12-25(20-31-27)37-16-14-36(15-17-37)21-22-8-4-3-5-9-22/h3-5,8-9,12-13,18-20,24H,6-7,10-11,14-17,21H2,1-2H3,(H,31,32,33,34). The zero-order valence-corrected chi connectivity index (χ0v) is 22.8. The predicted octanol–water partition coefficient (Wildman–Crippen LogP) is 4.71. The highest BCUT2D eigenvalue weighted by Crippen LogP contribution is 2.35. The third-order valence-corrected chi connectivity index (χ3v) is 7.87. The third-order valence-electron chi connectivity index (χ3n) is 7.87. The molecule has 1 aliphatic heterocycles. The number of carbonyl (C=O) groups excluding carboxylic acids is 1. The fourth-order valence-corrected chi connectivity index (χ4v) is 5.76. The summed E-state index contributed by atoms with van der Waals surface area (Å²) in [6.45, 7) is 5.01. The van der Waals surface area contributed by atoms with Crippen LogP contribution in [0.4, 0.5) is 17.5 Å². The zero-order valence-electron chi connectivity index (χ0n) is 22.8. The van der Waals surface area contributed by atoms with Crippen molar-refractivity contribution in [2.75, 3.05) is 50.5 Å². The fourth-order valence-electron chi connectivity index (χ4n) is 5.76. The zero-order chi connectivity index (χ0) is 26.8. The Hall–Kier alpha value is -3.98. The van der Waals surface area contributed by atoms with Crippen molar-refractivity contribution in [1.82, 2.24) is 29.3 Å². The number of carbonyl (C=O) groups is 1. The van der Waals surface area contributed by atoms with E-state index in [2.05, 4.69) is 66.0 Å². The van der Waals surface area contributed by atoms with Crippen molar-refractivity contribution in [3.8, 4) is 0 Å². The van der Waals surface area contributed by atoms with Crippen LogP contribution in [0.1, 0.15) is 47.8 Å². The van der Waals surface area contributed by atoms with Crippen molar-refractivity contribution in [3.63, 3.8) is 0 Å². The molecule has 4 heterocycles. The van der Waals surface area contributed by atoms with Crippen LogP contribution < -0.4 is 10.2 Å². The lowest BCUT2D eigenvalue weighted by atomic mass is 10.2. The number of piperazine rings is 1. The Morgan fingerprint density at radius 1 is 0.974 bits per heavy atom. The Balaban J connectivity index is 1.14. The predicted molar refractivity (Wildman–Crippen MR) is 155 cm³/mol. The lowest BCUT2D eigenvalue weighted by Gasteiger charge is -2.36. The molecule has 1 saturated carbocycles. The van der Waals surface area contributed by atoms with Crippen molar-refractivity contribution in [2.24, 2.45) is 0 Å². The highest BCUT2D eigenvalue weighted by molar-refractivity contribution is 5.97. The molecule has 0 atom stereocenters. The highest BCUT2D eigenvalue weighted by atomic mass is 16.2. The molecular formula is C30H36N8O. The number of nitrogens with one attached hydrogen (secondary N) is 1. The summed E-state index contributed by atoms with van der Waals surface area (Å²) in [5.74, 6) is 1.18. The van der Waals surface area contributed by atoms with E-state index in [-0.39, 0.29) is 11.9 Å². The summed E-state index contributed by atoms with van der Waals surface area (Å²) in [7, 11) is 3.58. The summed E-state index contributed by atoms with van der Waals surface area (Å²) in [6, 6.07) is 17.0. The highest BCUT2D eigenvalue weighted by Gasteiger charge is 2.26. The Kier molecular flexibility index (Phi) is 7.15. The van der Waals surface area contributed by atoms with Crippen LogP contribution in [0.2, 0.25) is 0 Å². The number of rotatable bonds is 7. The SMILES string of the molecule is CN(C)C(=O)c1cc2cnc(Nc3ccc(N4CCN(Cc5ccccc5)CC4)cn3)nc2n1C1CCCC1. The average Bonchev–Trinajstić information content (AvgIpc) is 3.62. The van der Waals surface area contributed by atoms with Crippen LogP contribution >= 0.6 is 0 Å². The molecule has 3 aromatic heterocycles. The maximum atomic E-state index is 13.0. The van der Waals surface area contributed by atoms with E-state index in [0.717, 1.165) is 62.3 Å². The molecular weight excluding hydrogens is 488 g/mol. The van der Waals surface area contributed by atoms with Gasteiger partial charge in [-0.15, -0.1) is 0 Å². The minimum Gasteiger partial charge on any atom is -0.368 e. The number of pyridine rings is 1. The Morgan fingerprint density at radius 3 is 2.44 bits per heavy atom. The number of benzene rings is 1. The van der Waals surface area contributed by atoms with Gasteiger partial charge in [0.05, 0.1) is 11.9 Å². The van der Waals surface area contributed by atoms with Gasteiger partial charge in [-0.05, 0) is 36.6 Å². The lowest BCUT2D eigenvalue weighted by molar-refractivity contribution is 0.0815. The molecule has 1 aromatic carbocycles. The van der Waals surface area contributed by atoms with Crippen molar-refractivity contribution >= 4 is 34.4 Å². The Bertz CT molecular complexity index is 1420. The molecule has 1 saturated heterocycles. The summed E-state index contributed by atoms with van der Waals surface area (Å²) in [6.07, 6.45) is 8.19. The number of nitrogens with zero attached hydrogens (tertiary/aromatic N) is 7. The van der Waals surface area contributed by atoms with E-state index in [4.69, 9.17) is 4.98 Å². The molecule has 9 heteroatoms. The number of fused-ring (bicyclic) bond motifs is 1. The maximum absolute atomic E-state index is 13.0. The first-order valence-corrected chi connectivity index (χ1v) is 13.9. The first kappa shape index (κ1) is 25.3. The monoisotopic (exact) mass is 524 g/mol. The van der Waals surface area contributed by atoms with Gasteiger partial charge in [0.1, 0.15) is 17.2 Å². The van der Waals surface area contributed by atoms with E-state index in [1.807, 2.05) is 18.3 Å². The topological polar surface area (TPSA) is 82.4 Å². The quantitative estimate of drug-likeness (QED) is 0.375. The summed E-state index contributed by atoms with van der Waals surface area (Å²) in [5, 5.41) is 4.15. The smallest absolute Gasteiger partial charge is 0.270 e. The van der Waals surface area contributed by atoms with Gasteiger partial charge in [0.25, 0.3) is 5.91 Å². The van der Waals surface area contributed by atoms with Gasteiger partial charge in [-0.2, -0.15) is 4.98 Å². The molecule has 2 aliphatic rings. The second-order valence-corrected chi connectivity index (χ2v) is 10.8. The van der Waals surface area contributed by atoms with Crippen molar-refractivity contribution in [1.29, 1.82) is 0 Å². The van der Waals surface area contributed by atoms with Gasteiger partial charge in [0.15, 0.2) is 0 Å². The summed E-state index contributed by atoms with van der Waals surface area (Å²) in [4.78, 5) is 33.5. The summed E-state index contributed by atoms with van der Waals surface area (Å²) < 4.78 is 2.13. The van der Waals surface area contributed by atoms with E-state index >= 15 is 0 Å². The molecule has 202 valence electrons. The van der Waals surface area contributed by atoms with Gasteiger partial charge in [-0.3, -0.25) is 9.69 Å². The van der Waals surface area contributed by atoms with Gasteiger partial charge < -0.3 is 19.7 Å². The van der Waals surface area contributed by atoms with Gasteiger partial charge in [0, 0.05) is 64.4 Å². The molecule has 0 radical (unpaired) electrons. The number of aromatic nitrogens is 4. The summed E-state index contributed by atoms with van der Waals surface area (Å²) >= 11 is 0. The van der Waals surface area contributed by atoms with Crippen molar-refractivity contribution < 1.29 is 4.79 Å². The molecule has 4 aromatic rings. The van der Waals surface area contributed by atoms with Crippen LogP contribution in [0, 0.1) is 0 Å². The van der Waals surface area contributed by atoms with E-state index < -0.39 is 0 Å². The molecule has 0 bridgehead atoms. The van der Waals surface area contributed by atoms with Crippen molar-refractivity contribution in [2.45, 2.75) is 38.3 Å². The summed E-state index contributed by atoms with van der Waals surface area (Å²) in [5.41, 5.74) is 3.96. The van der Waals surface area contributed by atoms with E-state index in [9.17, 15) is 4.79 Å². The Morgan fingerprint density at radius 2 is 1.74 bits per heavy atom. The van der Waals surface area contributed by atoms with Gasteiger partial charge in [-0.1, -0.05) is 43.2 Å². The molecule has 0 unspecified atom stereocenters.